The van der Waals surface area contributed by atoms with Crippen molar-refractivity contribution in [3.8, 4) is 10.4 Å². The van der Waals surface area contributed by atoms with Crippen molar-refractivity contribution in [1.29, 1.82) is 0 Å². The molecule has 1 aromatic heterocycles. The zero-order valence-electron chi connectivity index (χ0n) is 12.7. The molecule has 0 unspecified atom stereocenters. The molecule has 0 radical (unpaired) electrons. The standard InChI is InChI=1S/C16H16N2O4S2/c17-14(19)12-8-13(10-4-2-1-3-5-10)23-16(12)18-15(20)11-6-7-24(21,22)9-11/h1-5,8,11H,6-7,9H2,(H2,17,19)(H,18,20)/t11-/m0/s1. The average molecular weight is 364 g/mol. The minimum Gasteiger partial charge on any atom is -0.366 e. The van der Waals surface area contributed by atoms with Gasteiger partial charge in [0.1, 0.15) is 5.00 Å². The molecule has 1 aliphatic heterocycles. The Kier molecular flexibility index (Phi) is 4.42. The van der Waals surface area contributed by atoms with Crippen molar-refractivity contribution in [3.05, 3.63) is 42.0 Å². The molecular weight excluding hydrogens is 348 g/mol. The van der Waals surface area contributed by atoms with Crippen molar-refractivity contribution in [1.82, 2.24) is 0 Å². The lowest BCUT2D eigenvalue weighted by atomic mass is 10.1. The number of amides is 2. The van der Waals surface area contributed by atoms with Crippen molar-refractivity contribution in [2.75, 3.05) is 16.8 Å². The van der Waals surface area contributed by atoms with Gasteiger partial charge in [-0.15, -0.1) is 11.3 Å². The normalized spacial score (nSPS) is 19.1. The Morgan fingerprint density at radius 1 is 1.21 bits per heavy atom. The second-order valence-electron chi connectivity index (χ2n) is 5.67. The topological polar surface area (TPSA) is 106 Å². The quantitative estimate of drug-likeness (QED) is 0.864. The van der Waals surface area contributed by atoms with E-state index in [9.17, 15) is 18.0 Å². The summed E-state index contributed by atoms with van der Waals surface area (Å²) in [5, 5.41) is 3.03. The maximum absolute atomic E-state index is 12.3. The highest BCUT2D eigenvalue weighted by atomic mass is 32.2. The van der Waals surface area contributed by atoms with Crippen LogP contribution in [0.25, 0.3) is 10.4 Å². The Balaban J connectivity index is 1.86. The summed E-state index contributed by atoms with van der Waals surface area (Å²) in [7, 11) is -3.15. The van der Waals surface area contributed by atoms with Crippen LogP contribution >= 0.6 is 11.3 Å². The zero-order valence-corrected chi connectivity index (χ0v) is 14.3. The number of sulfone groups is 1. The van der Waals surface area contributed by atoms with Gasteiger partial charge in [0, 0.05) is 4.88 Å². The zero-order chi connectivity index (χ0) is 17.3. The molecule has 2 heterocycles. The molecule has 6 nitrogen and oxygen atoms in total. The second kappa shape index (κ2) is 6.37. The number of primary amides is 1. The van der Waals surface area contributed by atoms with Crippen molar-refractivity contribution in [2.24, 2.45) is 11.7 Å². The van der Waals surface area contributed by atoms with Gasteiger partial charge in [0.05, 0.1) is 23.0 Å². The van der Waals surface area contributed by atoms with Crippen LogP contribution in [0.2, 0.25) is 0 Å². The molecule has 24 heavy (non-hydrogen) atoms. The highest BCUT2D eigenvalue weighted by Gasteiger charge is 2.33. The third-order valence-corrected chi connectivity index (χ3v) is 6.76. The number of thiophene rings is 1. The van der Waals surface area contributed by atoms with Gasteiger partial charge in [-0.1, -0.05) is 30.3 Å². The predicted molar refractivity (Wildman–Crippen MR) is 93.7 cm³/mol. The first-order valence-electron chi connectivity index (χ1n) is 7.36. The molecule has 1 fully saturated rings. The Bertz CT molecular complexity index is 888. The summed E-state index contributed by atoms with van der Waals surface area (Å²) >= 11 is 1.25. The number of carbonyl (C=O) groups excluding carboxylic acids is 2. The lowest BCUT2D eigenvalue weighted by Crippen LogP contribution is -2.24. The summed E-state index contributed by atoms with van der Waals surface area (Å²) in [6.07, 6.45) is 0.303. The van der Waals surface area contributed by atoms with Gasteiger partial charge >= 0.3 is 0 Å². The molecule has 3 rings (SSSR count). The van der Waals surface area contributed by atoms with Crippen LogP contribution in [0.5, 0.6) is 0 Å². The number of nitrogens with one attached hydrogen (secondary N) is 1. The van der Waals surface area contributed by atoms with Crippen LogP contribution in [0.4, 0.5) is 5.00 Å². The van der Waals surface area contributed by atoms with Crippen LogP contribution in [0.1, 0.15) is 16.8 Å². The smallest absolute Gasteiger partial charge is 0.251 e. The minimum absolute atomic E-state index is 0.0213. The van der Waals surface area contributed by atoms with Gasteiger partial charge in [0.15, 0.2) is 9.84 Å². The average Bonchev–Trinajstić information content (AvgIpc) is 3.11. The summed E-state index contributed by atoms with van der Waals surface area (Å²) in [4.78, 5) is 24.8. The van der Waals surface area contributed by atoms with Crippen LogP contribution in [-0.2, 0) is 14.6 Å². The molecule has 2 aromatic rings. The highest BCUT2D eigenvalue weighted by Crippen LogP contribution is 2.35. The summed E-state index contributed by atoms with van der Waals surface area (Å²) in [5.74, 6) is -1.74. The van der Waals surface area contributed by atoms with E-state index in [2.05, 4.69) is 5.32 Å². The molecule has 3 N–H and O–H groups in total. The summed E-state index contributed by atoms with van der Waals surface area (Å²) in [6, 6.07) is 11.1. The first-order valence-corrected chi connectivity index (χ1v) is 10.00. The van der Waals surface area contributed by atoms with E-state index in [1.807, 2.05) is 30.3 Å². The summed E-state index contributed by atoms with van der Waals surface area (Å²) in [5.41, 5.74) is 6.54. The second-order valence-corrected chi connectivity index (χ2v) is 8.95. The fourth-order valence-corrected chi connectivity index (χ4v) is 5.44. The molecule has 0 bridgehead atoms. The molecule has 0 saturated carbocycles. The van der Waals surface area contributed by atoms with Gasteiger partial charge in [-0.2, -0.15) is 0 Å². The van der Waals surface area contributed by atoms with E-state index in [0.29, 0.717) is 11.4 Å². The third-order valence-electron chi connectivity index (χ3n) is 3.90. The fraction of sp³-hybridized carbons (Fsp3) is 0.250. The van der Waals surface area contributed by atoms with E-state index in [-0.39, 0.29) is 23.0 Å². The van der Waals surface area contributed by atoms with E-state index < -0.39 is 21.7 Å². The number of rotatable bonds is 4. The first kappa shape index (κ1) is 16.7. The molecule has 1 aliphatic rings. The summed E-state index contributed by atoms with van der Waals surface area (Å²) in [6.45, 7) is 0. The molecule has 1 aromatic carbocycles. The largest absolute Gasteiger partial charge is 0.366 e. The summed E-state index contributed by atoms with van der Waals surface area (Å²) < 4.78 is 23.0. The van der Waals surface area contributed by atoms with E-state index in [1.165, 1.54) is 11.3 Å². The van der Waals surface area contributed by atoms with Gasteiger partial charge in [0.2, 0.25) is 5.91 Å². The molecule has 126 valence electrons. The molecule has 8 heteroatoms. The number of hydrogen-bond donors (Lipinski definition) is 2. The lowest BCUT2D eigenvalue weighted by molar-refractivity contribution is -0.119. The number of hydrogen-bond acceptors (Lipinski definition) is 5. The number of anilines is 1. The minimum atomic E-state index is -3.15. The molecule has 2 amide bonds. The van der Waals surface area contributed by atoms with E-state index in [0.717, 1.165) is 10.4 Å². The maximum atomic E-state index is 12.3. The van der Waals surface area contributed by atoms with Crippen LogP contribution in [0, 0.1) is 5.92 Å². The Morgan fingerprint density at radius 2 is 1.92 bits per heavy atom. The van der Waals surface area contributed by atoms with E-state index in [4.69, 9.17) is 5.73 Å². The number of nitrogens with two attached hydrogens (primary N) is 1. The van der Waals surface area contributed by atoms with E-state index >= 15 is 0 Å². The van der Waals surface area contributed by atoms with Gasteiger partial charge in [0.25, 0.3) is 5.91 Å². The fourth-order valence-electron chi connectivity index (χ4n) is 2.63. The molecular formula is C16H16N2O4S2. The third kappa shape index (κ3) is 3.49. The van der Waals surface area contributed by atoms with Gasteiger partial charge in [-0.25, -0.2) is 8.42 Å². The Hall–Kier alpha value is -2.19. The first-order chi connectivity index (χ1) is 11.4. The molecule has 0 spiro atoms. The highest BCUT2D eigenvalue weighted by molar-refractivity contribution is 7.91. The van der Waals surface area contributed by atoms with Crippen molar-refractivity contribution >= 4 is 38.0 Å². The Labute approximate surface area is 143 Å². The van der Waals surface area contributed by atoms with Crippen molar-refractivity contribution in [3.63, 3.8) is 0 Å². The van der Waals surface area contributed by atoms with Crippen LogP contribution in [0.3, 0.4) is 0 Å². The van der Waals surface area contributed by atoms with Gasteiger partial charge in [-0.05, 0) is 18.1 Å². The SMILES string of the molecule is NC(=O)c1cc(-c2ccccc2)sc1NC(=O)[C@H]1CCS(=O)(=O)C1. The van der Waals surface area contributed by atoms with Gasteiger partial charge in [-0.3, -0.25) is 9.59 Å². The van der Waals surface area contributed by atoms with Crippen LogP contribution in [0.15, 0.2) is 36.4 Å². The number of carbonyl (C=O) groups is 2. The molecule has 1 atom stereocenters. The number of benzene rings is 1. The predicted octanol–water partition coefficient (Wildman–Crippen LogP) is 1.89. The molecule has 1 saturated heterocycles. The van der Waals surface area contributed by atoms with Crippen molar-refractivity contribution in [2.45, 2.75) is 6.42 Å². The van der Waals surface area contributed by atoms with Crippen LogP contribution in [-0.4, -0.2) is 31.7 Å². The lowest BCUT2D eigenvalue weighted by Gasteiger charge is -2.08. The Morgan fingerprint density at radius 3 is 2.50 bits per heavy atom. The van der Waals surface area contributed by atoms with E-state index in [1.54, 1.807) is 6.07 Å². The molecule has 0 aliphatic carbocycles. The maximum Gasteiger partial charge on any atom is 0.251 e. The van der Waals surface area contributed by atoms with Crippen molar-refractivity contribution < 1.29 is 18.0 Å². The monoisotopic (exact) mass is 364 g/mol. The van der Waals surface area contributed by atoms with Crippen LogP contribution < -0.4 is 11.1 Å². The van der Waals surface area contributed by atoms with Gasteiger partial charge < -0.3 is 11.1 Å².